The molecular weight excluding hydrogens is 226 g/mol. The molecule has 0 saturated heterocycles. The summed E-state index contributed by atoms with van der Waals surface area (Å²) >= 11 is 6.03. The van der Waals surface area contributed by atoms with Crippen molar-refractivity contribution < 1.29 is 4.52 Å². The van der Waals surface area contributed by atoms with E-state index in [1.807, 2.05) is 25.1 Å². The Labute approximate surface area is 98.4 Å². The van der Waals surface area contributed by atoms with Gasteiger partial charge in [0.2, 0.25) is 11.7 Å². The van der Waals surface area contributed by atoms with Gasteiger partial charge in [0.25, 0.3) is 0 Å². The Morgan fingerprint density at radius 2 is 2.25 bits per heavy atom. The molecule has 0 spiro atoms. The lowest BCUT2D eigenvalue weighted by Gasteiger charge is -2.01. The second kappa shape index (κ2) is 4.63. The van der Waals surface area contributed by atoms with Crippen LogP contribution in [0.25, 0.3) is 11.4 Å². The minimum Gasteiger partial charge on any atom is -0.339 e. The van der Waals surface area contributed by atoms with Crippen LogP contribution in [0.3, 0.4) is 0 Å². The first-order valence-electron chi connectivity index (χ1n) is 5.00. The molecule has 4 nitrogen and oxygen atoms in total. The molecule has 0 unspecified atom stereocenters. The van der Waals surface area contributed by atoms with Crippen LogP contribution in [0.5, 0.6) is 0 Å². The van der Waals surface area contributed by atoms with Crippen LogP contribution in [0, 0.1) is 6.92 Å². The molecule has 2 aromatic rings. The SMILES string of the molecule is Cc1c(Cl)cccc1-c1noc(CCN)n1. The van der Waals surface area contributed by atoms with Gasteiger partial charge in [-0.3, -0.25) is 0 Å². The van der Waals surface area contributed by atoms with Crippen molar-refractivity contribution in [2.45, 2.75) is 13.3 Å². The lowest BCUT2D eigenvalue weighted by Crippen LogP contribution is -2.02. The normalized spacial score (nSPS) is 10.7. The lowest BCUT2D eigenvalue weighted by atomic mass is 10.1. The third-order valence-electron chi connectivity index (χ3n) is 2.33. The highest BCUT2D eigenvalue weighted by Crippen LogP contribution is 2.26. The van der Waals surface area contributed by atoms with Gasteiger partial charge in [-0.15, -0.1) is 0 Å². The number of hydrogen-bond donors (Lipinski definition) is 1. The van der Waals surface area contributed by atoms with Crippen molar-refractivity contribution >= 4 is 11.6 Å². The second-order valence-corrected chi connectivity index (χ2v) is 3.87. The molecule has 2 rings (SSSR count). The van der Waals surface area contributed by atoms with E-state index in [0.29, 0.717) is 29.7 Å². The van der Waals surface area contributed by atoms with Crippen molar-refractivity contribution in [3.05, 3.63) is 34.7 Å². The Kier molecular flexibility index (Phi) is 3.22. The maximum atomic E-state index is 6.03. The van der Waals surface area contributed by atoms with Crippen molar-refractivity contribution in [2.24, 2.45) is 5.73 Å². The van der Waals surface area contributed by atoms with E-state index >= 15 is 0 Å². The Morgan fingerprint density at radius 3 is 3.00 bits per heavy atom. The molecule has 1 aromatic carbocycles. The van der Waals surface area contributed by atoms with E-state index in [4.69, 9.17) is 21.9 Å². The van der Waals surface area contributed by atoms with Gasteiger partial charge in [-0.1, -0.05) is 28.9 Å². The summed E-state index contributed by atoms with van der Waals surface area (Å²) in [6.07, 6.45) is 0.590. The van der Waals surface area contributed by atoms with E-state index < -0.39 is 0 Å². The van der Waals surface area contributed by atoms with Gasteiger partial charge in [0.05, 0.1) is 0 Å². The zero-order valence-corrected chi connectivity index (χ0v) is 9.66. The minimum absolute atomic E-state index is 0.496. The van der Waals surface area contributed by atoms with Crippen LogP contribution in [0.1, 0.15) is 11.5 Å². The number of hydrogen-bond acceptors (Lipinski definition) is 4. The molecule has 1 aromatic heterocycles. The molecule has 0 atom stereocenters. The number of benzene rings is 1. The van der Waals surface area contributed by atoms with E-state index in [-0.39, 0.29) is 0 Å². The van der Waals surface area contributed by atoms with Crippen molar-refractivity contribution in [3.63, 3.8) is 0 Å². The van der Waals surface area contributed by atoms with Gasteiger partial charge in [0.1, 0.15) is 0 Å². The maximum Gasteiger partial charge on any atom is 0.228 e. The van der Waals surface area contributed by atoms with E-state index in [9.17, 15) is 0 Å². The van der Waals surface area contributed by atoms with Crippen LogP contribution in [0.4, 0.5) is 0 Å². The molecule has 16 heavy (non-hydrogen) atoms. The fourth-order valence-corrected chi connectivity index (χ4v) is 1.61. The molecule has 0 aliphatic heterocycles. The molecule has 0 aliphatic rings. The standard InChI is InChI=1S/C11H12ClN3O/c1-7-8(3-2-4-9(7)12)11-14-10(5-6-13)16-15-11/h2-4H,5-6,13H2,1H3. The van der Waals surface area contributed by atoms with Crippen molar-refractivity contribution in [2.75, 3.05) is 6.54 Å². The molecule has 0 aliphatic carbocycles. The number of halogens is 1. The van der Waals surface area contributed by atoms with E-state index in [1.165, 1.54) is 0 Å². The molecule has 1 heterocycles. The zero-order chi connectivity index (χ0) is 11.5. The molecule has 84 valence electrons. The summed E-state index contributed by atoms with van der Waals surface area (Å²) in [6, 6.07) is 5.61. The van der Waals surface area contributed by atoms with Crippen LogP contribution >= 0.6 is 11.6 Å². The molecule has 0 fully saturated rings. The quantitative estimate of drug-likeness (QED) is 0.889. The largest absolute Gasteiger partial charge is 0.339 e. The summed E-state index contributed by atoms with van der Waals surface area (Å²) in [4.78, 5) is 4.26. The third kappa shape index (κ3) is 2.08. The monoisotopic (exact) mass is 237 g/mol. The molecule has 2 N–H and O–H groups in total. The van der Waals surface area contributed by atoms with Gasteiger partial charge in [-0.25, -0.2) is 0 Å². The van der Waals surface area contributed by atoms with Gasteiger partial charge < -0.3 is 10.3 Å². The highest BCUT2D eigenvalue weighted by Gasteiger charge is 2.11. The lowest BCUT2D eigenvalue weighted by molar-refractivity contribution is 0.380. The predicted octanol–water partition coefficient (Wildman–Crippen LogP) is 2.20. The highest BCUT2D eigenvalue weighted by molar-refractivity contribution is 6.31. The van der Waals surface area contributed by atoms with Crippen LogP contribution in [-0.2, 0) is 6.42 Å². The number of nitrogens with two attached hydrogens (primary N) is 1. The Bertz CT molecular complexity index is 496. The van der Waals surface area contributed by atoms with E-state index in [1.54, 1.807) is 0 Å². The van der Waals surface area contributed by atoms with Crippen LogP contribution < -0.4 is 5.73 Å². The summed E-state index contributed by atoms with van der Waals surface area (Å²) < 4.78 is 5.07. The van der Waals surface area contributed by atoms with Crippen molar-refractivity contribution in [1.82, 2.24) is 10.1 Å². The fourth-order valence-electron chi connectivity index (χ4n) is 1.44. The molecule has 0 saturated carbocycles. The fraction of sp³-hybridized carbons (Fsp3) is 0.273. The number of nitrogens with zero attached hydrogens (tertiary/aromatic N) is 2. The smallest absolute Gasteiger partial charge is 0.228 e. The summed E-state index contributed by atoms with van der Waals surface area (Å²) in [7, 11) is 0. The molecular formula is C11H12ClN3O. The van der Waals surface area contributed by atoms with Crippen LogP contribution in [0.2, 0.25) is 5.02 Å². The average Bonchev–Trinajstić information content (AvgIpc) is 2.71. The van der Waals surface area contributed by atoms with Gasteiger partial charge in [0, 0.05) is 23.6 Å². The van der Waals surface area contributed by atoms with Gasteiger partial charge in [0.15, 0.2) is 0 Å². The third-order valence-corrected chi connectivity index (χ3v) is 2.74. The van der Waals surface area contributed by atoms with Crippen molar-refractivity contribution in [3.8, 4) is 11.4 Å². The molecule has 0 radical (unpaired) electrons. The number of aromatic nitrogens is 2. The van der Waals surface area contributed by atoms with Crippen LogP contribution in [0.15, 0.2) is 22.7 Å². The summed E-state index contributed by atoms with van der Waals surface area (Å²) in [6.45, 7) is 2.42. The second-order valence-electron chi connectivity index (χ2n) is 3.46. The highest BCUT2D eigenvalue weighted by atomic mass is 35.5. The summed E-state index contributed by atoms with van der Waals surface area (Å²) in [5.74, 6) is 1.11. The van der Waals surface area contributed by atoms with E-state index in [0.717, 1.165) is 11.1 Å². The zero-order valence-electron chi connectivity index (χ0n) is 8.90. The first kappa shape index (κ1) is 11.1. The molecule has 0 bridgehead atoms. The Balaban J connectivity index is 2.39. The van der Waals surface area contributed by atoms with E-state index in [2.05, 4.69) is 10.1 Å². The molecule has 5 heteroatoms. The predicted molar refractivity (Wildman–Crippen MR) is 62.2 cm³/mol. The topological polar surface area (TPSA) is 64.9 Å². The summed E-state index contributed by atoms with van der Waals surface area (Å²) in [5, 5.41) is 4.60. The van der Waals surface area contributed by atoms with Crippen LogP contribution in [-0.4, -0.2) is 16.7 Å². The first-order valence-corrected chi connectivity index (χ1v) is 5.38. The van der Waals surface area contributed by atoms with Gasteiger partial charge in [-0.2, -0.15) is 4.98 Å². The van der Waals surface area contributed by atoms with Gasteiger partial charge in [-0.05, 0) is 18.6 Å². The average molecular weight is 238 g/mol. The minimum atomic E-state index is 0.496. The Morgan fingerprint density at radius 1 is 1.44 bits per heavy atom. The number of rotatable bonds is 3. The Hall–Kier alpha value is -1.39. The van der Waals surface area contributed by atoms with Crippen molar-refractivity contribution in [1.29, 1.82) is 0 Å². The first-order chi connectivity index (χ1) is 7.72. The maximum absolute atomic E-state index is 6.03. The molecule has 0 amide bonds. The van der Waals surface area contributed by atoms with Gasteiger partial charge >= 0.3 is 0 Å². The summed E-state index contributed by atoms with van der Waals surface area (Å²) in [5.41, 5.74) is 7.25.